The first kappa shape index (κ1) is 16.2. The van der Waals surface area contributed by atoms with Crippen molar-refractivity contribution in [1.29, 1.82) is 0 Å². The molecule has 21 heavy (non-hydrogen) atoms. The lowest BCUT2D eigenvalue weighted by molar-refractivity contribution is -0.131. The van der Waals surface area contributed by atoms with Crippen LogP contribution in [0.3, 0.4) is 0 Å². The van der Waals surface area contributed by atoms with Crippen molar-refractivity contribution in [2.75, 3.05) is 6.54 Å². The highest BCUT2D eigenvalue weighted by Crippen LogP contribution is 2.18. The number of halogens is 2. The normalized spacial score (nSPS) is 10.6. The second-order valence-electron chi connectivity index (χ2n) is 4.78. The van der Waals surface area contributed by atoms with Gasteiger partial charge in [0, 0.05) is 29.5 Å². The molecule has 0 saturated heterocycles. The van der Waals surface area contributed by atoms with Gasteiger partial charge < -0.3 is 4.90 Å². The Morgan fingerprint density at radius 3 is 2.86 bits per heavy atom. The molecule has 0 bridgehead atoms. The predicted octanol–water partition coefficient (Wildman–Crippen LogP) is 4.63. The van der Waals surface area contributed by atoms with Gasteiger partial charge in [0.25, 0.3) is 0 Å². The lowest BCUT2D eigenvalue weighted by Gasteiger charge is -2.21. The third-order valence-electron chi connectivity index (χ3n) is 3.31. The molecule has 2 rings (SSSR count). The van der Waals surface area contributed by atoms with Gasteiger partial charge in [-0.1, -0.05) is 15.9 Å². The molecule has 0 aliphatic heterocycles. The van der Waals surface area contributed by atoms with Crippen molar-refractivity contribution in [3.05, 3.63) is 56.4 Å². The number of benzene rings is 1. The molecule has 1 aromatic carbocycles. The van der Waals surface area contributed by atoms with Gasteiger partial charge in [-0.2, -0.15) is 11.3 Å². The third-order valence-corrected chi connectivity index (χ3v) is 4.54. The fourth-order valence-electron chi connectivity index (χ4n) is 2.09. The highest BCUT2D eigenvalue weighted by molar-refractivity contribution is 9.10. The minimum absolute atomic E-state index is 0.0584. The van der Waals surface area contributed by atoms with Crippen molar-refractivity contribution in [3.8, 4) is 0 Å². The molecule has 0 N–H and O–H groups in total. The minimum Gasteiger partial charge on any atom is -0.339 e. The van der Waals surface area contributed by atoms with Gasteiger partial charge in [-0.15, -0.1) is 0 Å². The van der Waals surface area contributed by atoms with E-state index in [0.29, 0.717) is 25.1 Å². The number of hydrogen-bond acceptors (Lipinski definition) is 2. The number of thiophene rings is 1. The molecule has 0 unspecified atom stereocenters. The molecule has 1 heterocycles. The lowest BCUT2D eigenvalue weighted by atomic mass is 10.1. The topological polar surface area (TPSA) is 20.3 Å². The molecule has 0 aliphatic rings. The number of nitrogens with zero attached hydrogens (tertiary/aromatic N) is 1. The summed E-state index contributed by atoms with van der Waals surface area (Å²) in [5, 5.41) is 4.06. The maximum absolute atomic E-state index is 13.8. The van der Waals surface area contributed by atoms with Gasteiger partial charge in [0.2, 0.25) is 5.91 Å². The smallest absolute Gasteiger partial charge is 0.223 e. The summed E-state index contributed by atoms with van der Waals surface area (Å²) in [6.07, 6.45) is 1.19. The molecule has 0 spiro atoms. The van der Waals surface area contributed by atoms with Crippen molar-refractivity contribution in [2.24, 2.45) is 0 Å². The van der Waals surface area contributed by atoms with Gasteiger partial charge in [0.1, 0.15) is 5.82 Å². The highest BCUT2D eigenvalue weighted by Gasteiger charge is 2.14. The molecule has 0 saturated carbocycles. The van der Waals surface area contributed by atoms with E-state index in [2.05, 4.69) is 21.3 Å². The van der Waals surface area contributed by atoms with Crippen molar-refractivity contribution in [2.45, 2.75) is 26.3 Å². The van der Waals surface area contributed by atoms with Crippen LogP contribution in [0.2, 0.25) is 0 Å². The third kappa shape index (κ3) is 4.64. The van der Waals surface area contributed by atoms with E-state index in [1.807, 2.05) is 18.4 Å². The number of hydrogen-bond donors (Lipinski definition) is 0. The molecule has 1 amide bonds. The summed E-state index contributed by atoms with van der Waals surface area (Å²) in [6, 6.07) is 6.84. The Morgan fingerprint density at radius 1 is 1.38 bits per heavy atom. The summed E-state index contributed by atoms with van der Waals surface area (Å²) in [5.41, 5.74) is 1.72. The average molecular weight is 370 g/mol. The van der Waals surface area contributed by atoms with E-state index in [1.54, 1.807) is 28.4 Å². The van der Waals surface area contributed by atoms with Crippen LogP contribution in [0.5, 0.6) is 0 Å². The summed E-state index contributed by atoms with van der Waals surface area (Å²) in [5.74, 6) is -0.217. The number of carbonyl (C=O) groups excluding carboxylic acids is 1. The second kappa shape index (κ2) is 7.71. The Hall–Kier alpha value is -1.20. The van der Waals surface area contributed by atoms with E-state index >= 15 is 0 Å². The summed E-state index contributed by atoms with van der Waals surface area (Å²) in [7, 11) is 0. The second-order valence-corrected chi connectivity index (χ2v) is 6.47. The fourth-order valence-corrected chi connectivity index (χ4v) is 3.20. The molecular weight excluding hydrogens is 353 g/mol. The van der Waals surface area contributed by atoms with Crippen LogP contribution in [-0.2, 0) is 17.8 Å². The monoisotopic (exact) mass is 369 g/mol. The first-order valence-corrected chi connectivity index (χ1v) is 8.56. The van der Waals surface area contributed by atoms with E-state index in [0.717, 1.165) is 10.9 Å². The molecule has 5 heteroatoms. The van der Waals surface area contributed by atoms with Crippen LogP contribution in [0.15, 0.2) is 39.5 Å². The Bertz CT molecular complexity index is 600. The molecule has 2 aromatic rings. The number of amides is 1. The molecule has 0 radical (unpaired) electrons. The lowest BCUT2D eigenvalue weighted by Crippen LogP contribution is -2.30. The Balaban J connectivity index is 1.98. The van der Waals surface area contributed by atoms with Gasteiger partial charge >= 0.3 is 0 Å². The Labute approximate surface area is 136 Å². The number of carbonyl (C=O) groups is 1. The molecule has 1 aromatic heterocycles. The zero-order chi connectivity index (χ0) is 15.2. The zero-order valence-corrected chi connectivity index (χ0v) is 14.2. The van der Waals surface area contributed by atoms with Crippen LogP contribution >= 0.6 is 27.3 Å². The first-order valence-electron chi connectivity index (χ1n) is 6.83. The summed E-state index contributed by atoms with van der Waals surface area (Å²) >= 11 is 4.96. The predicted molar refractivity (Wildman–Crippen MR) is 87.8 cm³/mol. The van der Waals surface area contributed by atoms with E-state index in [1.165, 1.54) is 11.6 Å². The fraction of sp³-hybridized carbons (Fsp3) is 0.312. The number of aryl methyl sites for hydroxylation is 1. The highest BCUT2D eigenvalue weighted by atomic mass is 79.9. The van der Waals surface area contributed by atoms with E-state index < -0.39 is 0 Å². The van der Waals surface area contributed by atoms with Crippen LogP contribution in [0.25, 0.3) is 0 Å². The van der Waals surface area contributed by atoms with Crippen molar-refractivity contribution in [3.63, 3.8) is 0 Å². The average Bonchev–Trinajstić information content (AvgIpc) is 2.99. The maximum atomic E-state index is 13.8. The first-order chi connectivity index (χ1) is 10.1. The van der Waals surface area contributed by atoms with Crippen molar-refractivity contribution >= 4 is 33.2 Å². The summed E-state index contributed by atoms with van der Waals surface area (Å²) in [6.45, 7) is 2.80. The van der Waals surface area contributed by atoms with Crippen LogP contribution < -0.4 is 0 Å². The van der Waals surface area contributed by atoms with E-state index in [9.17, 15) is 9.18 Å². The van der Waals surface area contributed by atoms with Gasteiger partial charge in [0.15, 0.2) is 0 Å². The largest absolute Gasteiger partial charge is 0.339 e. The summed E-state index contributed by atoms with van der Waals surface area (Å²) in [4.78, 5) is 14.0. The molecule has 112 valence electrons. The van der Waals surface area contributed by atoms with Crippen LogP contribution in [0.1, 0.15) is 24.5 Å². The van der Waals surface area contributed by atoms with Gasteiger partial charge in [-0.25, -0.2) is 4.39 Å². The quantitative estimate of drug-likeness (QED) is 0.726. The maximum Gasteiger partial charge on any atom is 0.223 e. The minimum atomic E-state index is -0.276. The van der Waals surface area contributed by atoms with Gasteiger partial charge in [0.05, 0.1) is 0 Å². The van der Waals surface area contributed by atoms with Crippen LogP contribution in [0, 0.1) is 5.82 Å². The molecule has 2 nitrogen and oxygen atoms in total. The van der Waals surface area contributed by atoms with Gasteiger partial charge in [-0.05, 0) is 53.9 Å². The van der Waals surface area contributed by atoms with Crippen LogP contribution in [-0.4, -0.2) is 17.4 Å². The molecular formula is C16H17BrFNOS. The van der Waals surface area contributed by atoms with Crippen LogP contribution in [0.4, 0.5) is 4.39 Å². The SMILES string of the molecule is CCN(Cc1cc(Br)ccc1F)C(=O)CCc1ccsc1. The Kier molecular flexibility index (Phi) is 5.94. The summed E-state index contributed by atoms with van der Waals surface area (Å²) < 4.78 is 14.6. The Morgan fingerprint density at radius 2 is 2.19 bits per heavy atom. The van der Waals surface area contributed by atoms with Crippen molar-refractivity contribution in [1.82, 2.24) is 4.90 Å². The molecule has 0 fully saturated rings. The number of rotatable bonds is 6. The molecule has 0 atom stereocenters. The molecule has 0 aliphatic carbocycles. The van der Waals surface area contributed by atoms with Gasteiger partial charge in [-0.3, -0.25) is 4.79 Å². The van der Waals surface area contributed by atoms with Crippen molar-refractivity contribution < 1.29 is 9.18 Å². The van der Waals surface area contributed by atoms with E-state index in [-0.39, 0.29) is 11.7 Å². The van der Waals surface area contributed by atoms with E-state index in [4.69, 9.17) is 0 Å². The standard InChI is InChI=1S/C16H17BrFNOS/c1-2-19(10-13-9-14(17)4-5-15(13)18)16(20)6-3-12-7-8-21-11-12/h4-5,7-9,11H,2-3,6,10H2,1H3. The zero-order valence-electron chi connectivity index (χ0n) is 11.8.